The molecule has 1 aromatic rings. The van der Waals surface area contributed by atoms with Crippen LogP contribution in [0.4, 0.5) is 5.82 Å². The molecule has 0 fully saturated rings. The van der Waals surface area contributed by atoms with Crippen molar-refractivity contribution in [2.45, 2.75) is 0 Å². The molecule has 0 saturated heterocycles. The van der Waals surface area contributed by atoms with Gasteiger partial charge in [0.1, 0.15) is 5.82 Å². The van der Waals surface area contributed by atoms with Crippen molar-refractivity contribution < 1.29 is 5.11 Å². The number of halogens is 1. The van der Waals surface area contributed by atoms with Gasteiger partial charge in [-0.2, -0.15) is 0 Å². The second-order valence-corrected chi connectivity index (χ2v) is 3.26. The van der Waals surface area contributed by atoms with Gasteiger partial charge in [-0.15, -0.1) is 0 Å². The molecule has 0 spiro atoms. The Morgan fingerprint density at radius 3 is 3.09 bits per heavy atom. The van der Waals surface area contributed by atoms with Crippen LogP contribution >= 0.6 is 22.6 Å². The predicted molar refractivity (Wildman–Crippen MR) is 52.5 cm³/mol. The van der Waals surface area contributed by atoms with E-state index in [9.17, 15) is 0 Å². The highest BCUT2D eigenvalue weighted by Gasteiger charge is 1.91. The largest absolute Gasteiger partial charge is 0.395 e. The molecule has 1 heterocycles. The smallest absolute Gasteiger partial charge is 0.127 e. The Kier molecular flexibility index (Phi) is 3.58. The standard InChI is InChI=1S/C7H9IN2O/c8-6-1-2-9-7(5-6)10-3-4-11/h1-2,5,11H,3-4H2,(H,9,10). The highest BCUT2D eigenvalue weighted by molar-refractivity contribution is 14.1. The first kappa shape index (κ1) is 8.73. The zero-order valence-corrected chi connectivity index (χ0v) is 8.08. The summed E-state index contributed by atoms with van der Waals surface area (Å²) in [5.74, 6) is 0.811. The van der Waals surface area contributed by atoms with Crippen LogP contribution in [0.3, 0.4) is 0 Å². The molecule has 3 nitrogen and oxygen atoms in total. The maximum Gasteiger partial charge on any atom is 0.127 e. The Morgan fingerprint density at radius 1 is 1.64 bits per heavy atom. The normalized spacial score (nSPS) is 9.64. The predicted octanol–water partition coefficient (Wildman–Crippen LogP) is 1.09. The number of aliphatic hydroxyl groups is 1. The molecule has 1 rings (SSSR count). The lowest BCUT2D eigenvalue weighted by Gasteiger charge is -2.01. The van der Waals surface area contributed by atoms with Crippen molar-refractivity contribution in [2.24, 2.45) is 0 Å². The van der Waals surface area contributed by atoms with Gasteiger partial charge in [0.2, 0.25) is 0 Å². The van der Waals surface area contributed by atoms with Crippen LogP contribution in [0.25, 0.3) is 0 Å². The number of aliphatic hydroxyl groups excluding tert-OH is 1. The van der Waals surface area contributed by atoms with Crippen LogP contribution in [0.1, 0.15) is 0 Å². The summed E-state index contributed by atoms with van der Waals surface area (Å²) in [6.07, 6.45) is 1.74. The zero-order valence-electron chi connectivity index (χ0n) is 5.92. The summed E-state index contributed by atoms with van der Waals surface area (Å²) >= 11 is 2.21. The first-order valence-electron chi connectivity index (χ1n) is 3.29. The number of nitrogens with one attached hydrogen (secondary N) is 1. The van der Waals surface area contributed by atoms with E-state index >= 15 is 0 Å². The quantitative estimate of drug-likeness (QED) is 0.803. The fourth-order valence-corrected chi connectivity index (χ4v) is 1.14. The average Bonchev–Trinajstić information content (AvgIpc) is 2.01. The first-order chi connectivity index (χ1) is 5.33. The molecule has 4 heteroatoms. The molecule has 0 atom stereocenters. The van der Waals surface area contributed by atoms with Crippen molar-refractivity contribution in [3.05, 3.63) is 21.9 Å². The molecule has 0 unspecified atom stereocenters. The van der Waals surface area contributed by atoms with Crippen LogP contribution in [-0.2, 0) is 0 Å². The van der Waals surface area contributed by atoms with E-state index in [2.05, 4.69) is 32.9 Å². The average molecular weight is 264 g/mol. The minimum Gasteiger partial charge on any atom is -0.395 e. The topological polar surface area (TPSA) is 45.1 Å². The Bertz CT molecular complexity index is 229. The van der Waals surface area contributed by atoms with Crippen molar-refractivity contribution in [1.82, 2.24) is 4.98 Å². The number of aromatic nitrogens is 1. The van der Waals surface area contributed by atoms with Crippen molar-refractivity contribution in [1.29, 1.82) is 0 Å². The maximum atomic E-state index is 8.50. The number of anilines is 1. The number of hydrogen-bond acceptors (Lipinski definition) is 3. The van der Waals surface area contributed by atoms with E-state index in [1.807, 2.05) is 12.1 Å². The fraction of sp³-hybridized carbons (Fsp3) is 0.286. The molecule has 0 radical (unpaired) electrons. The van der Waals surface area contributed by atoms with Gasteiger partial charge in [-0.3, -0.25) is 0 Å². The van der Waals surface area contributed by atoms with Crippen molar-refractivity contribution in [3.8, 4) is 0 Å². The van der Waals surface area contributed by atoms with Crippen LogP contribution in [0.5, 0.6) is 0 Å². The number of rotatable bonds is 3. The molecule has 0 aliphatic heterocycles. The highest BCUT2D eigenvalue weighted by Crippen LogP contribution is 2.07. The van der Waals surface area contributed by atoms with Gasteiger partial charge in [-0.05, 0) is 34.7 Å². The van der Waals surface area contributed by atoms with E-state index in [1.165, 1.54) is 0 Å². The summed E-state index contributed by atoms with van der Waals surface area (Å²) in [4.78, 5) is 4.05. The molecule has 0 aromatic carbocycles. The van der Waals surface area contributed by atoms with E-state index in [0.29, 0.717) is 6.54 Å². The second-order valence-electron chi connectivity index (χ2n) is 2.01. The summed E-state index contributed by atoms with van der Waals surface area (Å²) in [5.41, 5.74) is 0. The minimum absolute atomic E-state index is 0.132. The summed E-state index contributed by atoms with van der Waals surface area (Å²) < 4.78 is 1.14. The van der Waals surface area contributed by atoms with E-state index in [0.717, 1.165) is 9.39 Å². The molecule has 60 valence electrons. The van der Waals surface area contributed by atoms with E-state index in [-0.39, 0.29) is 6.61 Å². The molecule has 11 heavy (non-hydrogen) atoms. The van der Waals surface area contributed by atoms with Gasteiger partial charge in [0.05, 0.1) is 6.61 Å². The number of nitrogens with zero attached hydrogens (tertiary/aromatic N) is 1. The lowest BCUT2D eigenvalue weighted by atomic mass is 10.4. The minimum atomic E-state index is 0.132. The van der Waals surface area contributed by atoms with Crippen LogP contribution < -0.4 is 5.32 Å². The molecule has 0 bridgehead atoms. The summed E-state index contributed by atoms with van der Waals surface area (Å²) in [6.45, 7) is 0.681. The molecule has 0 saturated carbocycles. The Hall–Kier alpha value is -0.360. The van der Waals surface area contributed by atoms with Gasteiger partial charge < -0.3 is 10.4 Å². The highest BCUT2D eigenvalue weighted by atomic mass is 127. The van der Waals surface area contributed by atoms with Crippen LogP contribution in [0.2, 0.25) is 0 Å². The molecular formula is C7H9IN2O. The third-order valence-corrected chi connectivity index (χ3v) is 1.81. The lowest BCUT2D eigenvalue weighted by Crippen LogP contribution is -2.06. The lowest BCUT2D eigenvalue weighted by molar-refractivity contribution is 0.311. The molecule has 0 amide bonds. The first-order valence-corrected chi connectivity index (χ1v) is 4.37. The number of pyridine rings is 1. The third kappa shape index (κ3) is 3.02. The van der Waals surface area contributed by atoms with Crippen LogP contribution in [-0.4, -0.2) is 23.2 Å². The Labute approximate surface area is 79.0 Å². The summed E-state index contributed by atoms with van der Waals surface area (Å²) in [6, 6.07) is 3.85. The molecular weight excluding hydrogens is 255 g/mol. The van der Waals surface area contributed by atoms with Gasteiger partial charge in [-0.1, -0.05) is 0 Å². The molecule has 2 N–H and O–H groups in total. The van der Waals surface area contributed by atoms with Crippen molar-refractivity contribution in [3.63, 3.8) is 0 Å². The molecule has 0 aliphatic carbocycles. The molecule has 1 aromatic heterocycles. The van der Waals surface area contributed by atoms with E-state index < -0.39 is 0 Å². The van der Waals surface area contributed by atoms with Gasteiger partial charge >= 0.3 is 0 Å². The third-order valence-electron chi connectivity index (χ3n) is 1.14. The van der Waals surface area contributed by atoms with Gasteiger partial charge in [0.25, 0.3) is 0 Å². The zero-order chi connectivity index (χ0) is 8.10. The Balaban J connectivity index is 2.56. The van der Waals surface area contributed by atoms with Crippen molar-refractivity contribution >= 4 is 28.4 Å². The van der Waals surface area contributed by atoms with Crippen molar-refractivity contribution in [2.75, 3.05) is 18.5 Å². The van der Waals surface area contributed by atoms with Crippen LogP contribution in [0, 0.1) is 3.57 Å². The number of hydrogen-bond donors (Lipinski definition) is 2. The van der Waals surface area contributed by atoms with Gasteiger partial charge in [-0.25, -0.2) is 4.98 Å². The van der Waals surface area contributed by atoms with Crippen LogP contribution in [0.15, 0.2) is 18.3 Å². The maximum absolute atomic E-state index is 8.50. The fourth-order valence-electron chi connectivity index (χ4n) is 0.685. The SMILES string of the molecule is OCCNc1cc(I)ccn1. The molecule has 0 aliphatic rings. The summed E-state index contributed by atoms with van der Waals surface area (Å²) in [7, 11) is 0. The van der Waals surface area contributed by atoms with Gasteiger partial charge in [0, 0.05) is 16.3 Å². The van der Waals surface area contributed by atoms with Gasteiger partial charge in [0.15, 0.2) is 0 Å². The monoisotopic (exact) mass is 264 g/mol. The second kappa shape index (κ2) is 4.50. The van der Waals surface area contributed by atoms with E-state index in [4.69, 9.17) is 5.11 Å². The summed E-state index contributed by atoms with van der Waals surface area (Å²) in [5, 5.41) is 11.5. The Morgan fingerprint density at radius 2 is 2.45 bits per heavy atom. The van der Waals surface area contributed by atoms with E-state index in [1.54, 1.807) is 6.20 Å².